The summed E-state index contributed by atoms with van der Waals surface area (Å²) in [6.07, 6.45) is 0. The van der Waals surface area contributed by atoms with Crippen LogP contribution in [0.15, 0.2) is 36.4 Å². The highest BCUT2D eigenvalue weighted by atomic mass is 16.5. The molecular weight excluding hydrogens is 208 g/mol. The Labute approximate surface area is 93.5 Å². The van der Waals surface area contributed by atoms with Crippen LogP contribution in [0.5, 0.6) is 5.75 Å². The first-order valence-corrected chi connectivity index (χ1v) is 4.56. The normalized spacial score (nSPS) is 9.38. The van der Waals surface area contributed by atoms with E-state index < -0.39 is 11.8 Å². The van der Waals surface area contributed by atoms with Crippen LogP contribution < -0.4 is 4.74 Å². The Morgan fingerprint density at radius 3 is 2.50 bits per heavy atom. The van der Waals surface area contributed by atoms with E-state index in [1.165, 1.54) is 20.3 Å². The van der Waals surface area contributed by atoms with Crippen LogP contribution in [0.2, 0.25) is 0 Å². The quantitative estimate of drug-likeness (QED) is 0.254. The van der Waals surface area contributed by atoms with Crippen LogP contribution in [0, 0.1) is 0 Å². The summed E-state index contributed by atoms with van der Waals surface area (Å²) in [4.78, 5) is 22.9. The van der Waals surface area contributed by atoms with Crippen LogP contribution in [-0.4, -0.2) is 26.0 Å². The highest BCUT2D eigenvalue weighted by molar-refractivity contribution is 6.23. The first-order valence-electron chi connectivity index (χ1n) is 4.56. The molecule has 1 aromatic rings. The number of methoxy groups -OCH3 is 2. The largest absolute Gasteiger partial charge is 0.497 e. The van der Waals surface area contributed by atoms with E-state index in [0.29, 0.717) is 11.3 Å². The third kappa shape index (κ3) is 2.48. The number of ketones is 1. The van der Waals surface area contributed by atoms with Crippen LogP contribution in [0.3, 0.4) is 0 Å². The average molecular weight is 220 g/mol. The van der Waals surface area contributed by atoms with Gasteiger partial charge in [-0.25, -0.2) is 4.79 Å². The van der Waals surface area contributed by atoms with Crippen molar-refractivity contribution in [2.45, 2.75) is 0 Å². The lowest BCUT2D eigenvalue weighted by Crippen LogP contribution is -2.13. The van der Waals surface area contributed by atoms with Gasteiger partial charge in [0.15, 0.2) is 5.78 Å². The van der Waals surface area contributed by atoms with E-state index in [9.17, 15) is 9.59 Å². The van der Waals surface area contributed by atoms with Crippen LogP contribution >= 0.6 is 0 Å². The third-order valence-electron chi connectivity index (χ3n) is 2.04. The lowest BCUT2D eigenvalue weighted by atomic mass is 10.0. The van der Waals surface area contributed by atoms with Crippen molar-refractivity contribution in [1.29, 1.82) is 0 Å². The topological polar surface area (TPSA) is 52.6 Å². The van der Waals surface area contributed by atoms with Gasteiger partial charge in [-0.1, -0.05) is 18.7 Å². The number of rotatable bonds is 4. The fourth-order valence-electron chi connectivity index (χ4n) is 1.15. The molecule has 0 radical (unpaired) electrons. The van der Waals surface area contributed by atoms with Gasteiger partial charge in [0.2, 0.25) is 0 Å². The molecule has 84 valence electrons. The number of carbonyl (C=O) groups is 2. The average Bonchev–Trinajstić information content (AvgIpc) is 2.36. The Balaban J connectivity index is 2.96. The molecule has 0 spiro atoms. The van der Waals surface area contributed by atoms with Crippen molar-refractivity contribution in [2.75, 3.05) is 14.2 Å². The van der Waals surface area contributed by atoms with Crippen molar-refractivity contribution in [3.8, 4) is 5.75 Å². The lowest BCUT2D eigenvalue weighted by Gasteiger charge is -2.04. The Kier molecular flexibility index (Phi) is 3.83. The molecular formula is C12H12O4. The summed E-state index contributed by atoms with van der Waals surface area (Å²) in [6, 6.07) is 6.49. The van der Waals surface area contributed by atoms with Gasteiger partial charge in [0.1, 0.15) is 11.3 Å². The van der Waals surface area contributed by atoms with E-state index in [-0.39, 0.29) is 5.57 Å². The molecule has 0 aromatic heterocycles. The summed E-state index contributed by atoms with van der Waals surface area (Å²) < 4.78 is 9.39. The summed E-state index contributed by atoms with van der Waals surface area (Å²) in [7, 11) is 2.70. The minimum absolute atomic E-state index is 0.198. The molecule has 0 amide bonds. The van der Waals surface area contributed by atoms with Crippen molar-refractivity contribution < 1.29 is 19.1 Å². The highest BCUT2D eigenvalue weighted by Gasteiger charge is 2.18. The third-order valence-corrected chi connectivity index (χ3v) is 2.04. The maximum atomic E-state index is 11.8. The maximum absolute atomic E-state index is 11.8. The fourth-order valence-corrected chi connectivity index (χ4v) is 1.15. The highest BCUT2D eigenvalue weighted by Crippen LogP contribution is 2.15. The van der Waals surface area contributed by atoms with Gasteiger partial charge in [0.05, 0.1) is 14.2 Å². The Hall–Kier alpha value is -2.10. The second-order valence-electron chi connectivity index (χ2n) is 3.03. The zero-order valence-electron chi connectivity index (χ0n) is 9.15. The summed E-state index contributed by atoms with van der Waals surface area (Å²) in [5.41, 5.74) is 0.144. The second-order valence-corrected chi connectivity index (χ2v) is 3.03. The number of hydrogen-bond donors (Lipinski definition) is 0. The molecule has 4 heteroatoms. The fraction of sp³-hybridized carbons (Fsp3) is 0.167. The molecule has 0 saturated carbocycles. The molecule has 0 N–H and O–H groups in total. The number of ether oxygens (including phenoxy) is 2. The zero-order chi connectivity index (χ0) is 12.1. The molecule has 1 rings (SSSR count). The predicted molar refractivity (Wildman–Crippen MR) is 58.5 cm³/mol. The van der Waals surface area contributed by atoms with E-state index in [0.717, 1.165) is 0 Å². The Morgan fingerprint density at radius 1 is 1.25 bits per heavy atom. The number of Topliss-reactive ketones (excluding diaryl/α,β-unsaturated/α-hetero) is 1. The minimum Gasteiger partial charge on any atom is -0.497 e. The second kappa shape index (κ2) is 5.11. The number of carbonyl (C=O) groups excluding carboxylic acids is 2. The minimum atomic E-state index is -0.729. The van der Waals surface area contributed by atoms with Crippen LogP contribution in [0.4, 0.5) is 0 Å². The van der Waals surface area contributed by atoms with E-state index in [1.807, 2.05) is 0 Å². The van der Waals surface area contributed by atoms with E-state index in [1.54, 1.807) is 18.2 Å². The van der Waals surface area contributed by atoms with Crippen molar-refractivity contribution in [3.05, 3.63) is 42.0 Å². The molecule has 0 saturated heterocycles. The molecule has 0 aliphatic rings. The first-order chi connectivity index (χ1) is 7.60. The van der Waals surface area contributed by atoms with Crippen molar-refractivity contribution in [2.24, 2.45) is 0 Å². The van der Waals surface area contributed by atoms with Gasteiger partial charge in [0, 0.05) is 5.56 Å². The van der Waals surface area contributed by atoms with Crippen molar-refractivity contribution in [3.63, 3.8) is 0 Å². The predicted octanol–water partition coefficient (Wildman–Crippen LogP) is 1.61. The van der Waals surface area contributed by atoms with Gasteiger partial charge in [-0.05, 0) is 12.1 Å². The smallest absolute Gasteiger partial charge is 0.341 e. The molecule has 0 atom stereocenters. The Morgan fingerprint density at radius 2 is 1.94 bits per heavy atom. The number of hydrogen-bond acceptors (Lipinski definition) is 4. The summed E-state index contributed by atoms with van der Waals surface area (Å²) in [6.45, 7) is 3.39. The molecule has 4 nitrogen and oxygen atoms in total. The van der Waals surface area contributed by atoms with Crippen LogP contribution in [0.25, 0.3) is 0 Å². The standard InChI is InChI=1S/C12H12O4/c1-8(12(14)16-3)11(13)9-5-4-6-10(7-9)15-2/h4-7H,1H2,2-3H3. The first kappa shape index (κ1) is 12.0. The summed E-state index contributed by atoms with van der Waals surface area (Å²) >= 11 is 0. The molecule has 0 unspecified atom stereocenters. The van der Waals surface area contributed by atoms with Gasteiger partial charge < -0.3 is 9.47 Å². The Bertz CT molecular complexity index is 434. The van der Waals surface area contributed by atoms with E-state index >= 15 is 0 Å². The molecule has 0 heterocycles. The van der Waals surface area contributed by atoms with Crippen LogP contribution in [-0.2, 0) is 9.53 Å². The molecule has 16 heavy (non-hydrogen) atoms. The van der Waals surface area contributed by atoms with Crippen molar-refractivity contribution >= 4 is 11.8 Å². The summed E-state index contributed by atoms with van der Waals surface area (Å²) in [5.74, 6) is -0.651. The lowest BCUT2D eigenvalue weighted by molar-refractivity contribution is -0.135. The van der Waals surface area contributed by atoms with Crippen LogP contribution in [0.1, 0.15) is 10.4 Å². The molecule has 0 fully saturated rings. The van der Waals surface area contributed by atoms with E-state index in [2.05, 4.69) is 11.3 Å². The number of esters is 1. The van der Waals surface area contributed by atoms with Gasteiger partial charge in [-0.15, -0.1) is 0 Å². The van der Waals surface area contributed by atoms with Gasteiger partial charge in [0.25, 0.3) is 0 Å². The summed E-state index contributed by atoms with van der Waals surface area (Å²) in [5, 5.41) is 0. The van der Waals surface area contributed by atoms with Gasteiger partial charge in [-0.3, -0.25) is 4.79 Å². The van der Waals surface area contributed by atoms with Gasteiger partial charge in [-0.2, -0.15) is 0 Å². The molecule has 0 aliphatic carbocycles. The van der Waals surface area contributed by atoms with Gasteiger partial charge >= 0.3 is 5.97 Å². The molecule has 0 bridgehead atoms. The molecule has 1 aromatic carbocycles. The SMILES string of the molecule is C=C(C(=O)OC)C(=O)c1cccc(OC)c1. The monoisotopic (exact) mass is 220 g/mol. The zero-order valence-corrected chi connectivity index (χ0v) is 9.15. The van der Waals surface area contributed by atoms with Crippen molar-refractivity contribution in [1.82, 2.24) is 0 Å². The number of benzene rings is 1. The maximum Gasteiger partial charge on any atom is 0.341 e. The van der Waals surface area contributed by atoms with E-state index in [4.69, 9.17) is 4.74 Å². The molecule has 0 aliphatic heterocycles.